The first kappa shape index (κ1) is 12.3. The Balaban J connectivity index is 2.33. The summed E-state index contributed by atoms with van der Waals surface area (Å²) in [7, 11) is 0. The van der Waals surface area contributed by atoms with Gasteiger partial charge in [-0.2, -0.15) is 0 Å². The molecule has 0 heterocycles. The normalized spacial score (nSPS) is 9.12. The maximum absolute atomic E-state index is 12.6. The molecule has 1 amide bonds. The lowest BCUT2D eigenvalue weighted by atomic mass is 10.1. The molecule has 3 heteroatoms. The van der Waals surface area contributed by atoms with E-state index in [1.807, 2.05) is 0 Å². The van der Waals surface area contributed by atoms with Crippen molar-refractivity contribution in [2.24, 2.45) is 0 Å². The van der Waals surface area contributed by atoms with Crippen LogP contribution in [0.25, 0.3) is 0 Å². The number of amides is 1. The van der Waals surface area contributed by atoms with Crippen molar-refractivity contribution in [1.29, 1.82) is 0 Å². The lowest BCUT2D eigenvalue weighted by molar-refractivity contribution is -0.120. The third kappa shape index (κ3) is 4.61. The largest absolute Gasteiger partial charge is 0.355 e. The number of carbonyl (C=O) groups excluding carboxylic acids is 1. The van der Waals surface area contributed by atoms with Crippen LogP contribution in [0.4, 0.5) is 4.39 Å². The van der Waals surface area contributed by atoms with Gasteiger partial charge in [-0.25, -0.2) is 4.39 Å². The number of hydrogen-bond donors (Lipinski definition) is 1. The summed E-state index contributed by atoms with van der Waals surface area (Å²) in [5, 5.41) is 2.75. The van der Waals surface area contributed by atoms with E-state index >= 15 is 0 Å². The Morgan fingerprint density at radius 2 is 2.06 bits per heavy atom. The van der Waals surface area contributed by atoms with Crippen LogP contribution < -0.4 is 5.32 Å². The zero-order valence-electron chi connectivity index (χ0n) is 9.22. The van der Waals surface area contributed by atoms with Crippen LogP contribution in [0, 0.1) is 17.7 Å². The highest BCUT2D eigenvalue weighted by molar-refractivity contribution is 5.78. The Bertz CT molecular complexity index is 400. The van der Waals surface area contributed by atoms with Gasteiger partial charge in [-0.1, -0.05) is 12.1 Å². The van der Waals surface area contributed by atoms with E-state index in [1.165, 1.54) is 12.1 Å². The van der Waals surface area contributed by atoms with Gasteiger partial charge in [0.05, 0.1) is 6.42 Å². The molecule has 0 aromatic heterocycles. The van der Waals surface area contributed by atoms with Crippen molar-refractivity contribution in [3.63, 3.8) is 0 Å². The summed E-state index contributed by atoms with van der Waals surface area (Å²) in [6.07, 6.45) is 0.936. The molecule has 84 valence electrons. The van der Waals surface area contributed by atoms with Crippen LogP contribution in [0.2, 0.25) is 0 Å². The maximum atomic E-state index is 12.6. The highest BCUT2D eigenvalue weighted by Crippen LogP contribution is 2.03. The van der Waals surface area contributed by atoms with E-state index in [2.05, 4.69) is 17.2 Å². The first-order chi connectivity index (χ1) is 7.72. The summed E-state index contributed by atoms with van der Waals surface area (Å²) in [5.41, 5.74) is 0.806. The van der Waals surface area contributed by atoms with E-state index in [1.54, 1.807) is 19.1 Å². The average molecular weight is 219 g/mol. The van der Waals surface area contributed by atoms with Crippen LogP contribution in [0.1, 0.15) is 18.9 Å². The van der Waals surface area contributed by atoms with E-state index in [0.29, 0.717) is 13.0 Å². The van der Waals surface area contributed by atoms with Gasteiger partial charge in [-0.15, -0.1) is 11.8 Å². The smallest absolute Gasteiger partial charge is 0.224 e. The molecule has 0 atom stereocenters. The lowest BCUT2D eigenvalue weighted by Gasteiger charge is -2.02. The topological polar surface area (TPSA) is 29.1 Å². The minimum Gasteiger partial charge on any atom is -0.355 e. The van der Waals surface area contributed by atoms with Crippen LogP contribution >= 0.6 is 0 Å². The molecule has 0 bridgehead atoms. The molecule has 0 fully saturated rings. The van der Waals surface area contributed by atoms with Crippen molar-refractivity contribution in [2.75, 3.05) is 6.54 Å². The second-order valence-corrected chi connectivity index (χ2v) is 3.33. The molecule has 0 aliphatic carbocycles. The highest BCUT2D eigenvalue weighted by atomic mass is 19.1. The number of carbonyl (C=O) groups is 1. The van der Waals surface area contributed by atoms with E-state index in [0.717, 1.165) is 5.56 Å². The number of rotatable bonds is 4. The van der Waals surface area contributed by atoms with Crippen LogP contribution in [0.5, 0.6) is 0 Å². The van der Waals surface area contributed by atoms with Crippen molar-refractivity contribution >= 4 is 5.91 Å². The first-order valence-corrected chi connectivity index (χ1v) is 5.13. The van der Waals surface area contributed by atoms with E-state index in [-0.39, 0.29) is 18.1 Å². The van der Waals surface area contributed by atoms with Crippen LogP contribution in [-0.2, 0) is 11.2 Å². The van der Waals surface area contributed by atoms with Gasteiger partial charge in [0.15, 0.2) is 0 Å². The Morgan fingerprint density at radius 3 is 2.69 bits per heavy atom. The summed E-state index contributed by atoms with van der Waals surface area (Å²) in [4.78, 5) is 11.4. The molecule has 0 aliphatic heterocycles. The summed E-state index contributed by atoms with van der Waals surface area (Å²) in [6.45, 7) is 2.32. The first-order valence-electron chi connectivity index (χ1n) is 5.13. The zero-order valence-corrected chi connectivity index (χ0v) is 9.22. The monoisotopic (exact) mass is 219 g/mol. The number of hydrogen-bond acceptors (Lipinski definition) is 1. The predicted molar refractivity (Wildman–Crippen MR) is 61.2 cm³/mol. The van der Waals surface area contributed by atoms with Gasteiger partial charge < -0.3 is 5.32 Å². The van der Waals surface area contributed by atoms with Gasteiger partial charge in [0.1, 0.15) is 5.82 Å². The third-order valence-corrected chi connectivity index (χ3v) is 2.03. The van der Waals surface area contributed by atoms with Crippen molar-refractivity contribution in [3.8, 4) is 11.8 Å². The molecule has 0 radical (unpaired) electrons. The van der Waals surface area contributed by atoms with E-state index in [4.69, 9.17) is 0 Å². The molecule has 0 saturated heterocycles. The summed E-state index contributed by atoms with van der Waals surface area (Å²) >= 11 is 0. The van der Waals surface area contributed by atoms with Gasteiger partial charge >= 0.3 is 0 Å². The van der Waals surface area contributed by atoms with E-state index < -0.39 is 0 Å². The van der Waals surface area contributed by atoms with Crippen LogP contribution in [0.3, 0.4) is 0 Å². The molecule has 0 spiro atoms. The summed E-state index contributed by atoms with van der Waals surface area (Å²) in [5.74, 6) is 5.26. The molecule has 0 unspecified atom stereocenters. The minimum atomic E-state index is -0.289. The molecule has 0 aliphatic rings. The van der Waals surface area contributed by atoms with Gasteiger partial charge in [0, 0.05) is 13.0 Å². The second-order valence-electron chi connectivity index (χ2n) is 3.33. The molecule has 1 rings (SSSR count). The maximum Gasteiger partial charge on any atom is 0.224 e. The molecule has 16 heavy (non-hydrogen) atoms. The lowest BCUT2D eigenvalue weighted by Crippen LogP contribution is -2.25. The number of halogens is 1. The molecular weight excluding hydrogens is 205 g/mol. The fraction of sp³-hybridized carbons (Fsp3) is 0.308. The Morgan fingerprint density at radius 1 is 1.38 bits per heavy atom. The Labute approximate surface area is 94.9 Å². The summed E-state index contributed by atoms with van der Waals surface area (Å²) in [6, 6.07) is 5.93. The van der Waals surface area contributed by atoms with Crippen molar-refractivity contribution in [3.05, 3.63) is 35.6 Å². The van der Waals surface area contributed by atoms with Gasteiger partial charge in [0.25, 0.3) is 0 Å². The van der Waals surface area contributed by atoms with Gasteiger partial charge in [-0.05, 0) is 24.6 Å². The van der Waals surface area contributed by atoms with Crippen molar-refractivity contribution < 1.29 is 9.18 Å². The molecule has 1 aromatic carbocycles. The molecular formula is C13H14FNO. The van der Waals surface area contributed by atoms with Gasteiger partial charge in [0.2, 0.25) is 5.91 Å². The van der Waals surface area contributed by atoms with Crippen LogP contribution in [-0.4, -0.2) is 12.5 Å². The fourth-order valence-electron chi connectivity index (χ4n) is 1.24. The highest BCUT2D eigenvalue weighted by Gasteiger charge is 2.02. The van der Waals surface area contributed by atoms with Gasteiger partial charge in [-0.3, -0.25) is 4.79 Å². The molecule has 1 aromatic rings. The zero-order chi connectivity index (χ0) is 11.8. The second kappa shape index (κ2) is 6.62. The molecule has 0 saturated carbocycles. The Kier molecular flexibility index (Phi) is 5.07. The SMILES string of the molecule is CC#CCCNC(=O)Cc1ccc(F)cc1. The standard InChI is InChI=1S/C13H14FNO/c1-2-3-4-9-15-13(16)10-11-5-7-12(14)8-6-11/h5-8H,4,9-10H2,1H3,(H,15,16). The average Bonchev–Trinajstić information content (AvgIpc) is 2.28. The summed E-state index contributed by atoms with van der Waals surface area (Å²) < 4.78 is 12.6. The quantitative estimate of drug-likeness (QED) is 0.608. The number of benzene rings is 1. The minimum absolute atomic E-state index is 0.0653. The third-order valence-electron chi connectivity index (χ3n) is 2.03. The van der Waals surface area contributed by atoms with Crippen molar-refractivity contribution in [2.45, 2.75) is 19.8 Å². The molecule has 2 nitrogen and oxygen atoms in total. The number of nitrogens with one attached hydrogen (secondary N) is 1. The van der Waals surface area contributed by atoms with E-state index in [9.17, 15) is 9.18 Å². The molecule has 1 N–H and O–H groups in total. The van der Waals surface area contributed by atoms with Crippen LogP contribution in [0.15, 0.2) is 24.3 Å². The Hall–Kier alpha value is -1.82. The predicted octanol–water partition coefficient (Wildman–Crippen LogP) is 1.90. The fourth-order valence-corrected chi connectivity index (χ4v) is 1.24. The van der Waals surface area contributed by atoms with Crippen molar-refractivity contribution in [1.82, 2.24) is 5.32 Å².